The molecule has 8 heteroatoms. The first-order valence-electron chi connectivity index (χ1n) is 9.39. The maximum Gasteiger partial charge on any atom is 0.226 e. The van der Waals surface area contributed by atoms with Crippen LogP contribution in [0.3, 0.4) is 0 Å². The Morgan fingerprint density at radius 1 is 1.10 bits per heavy atom. The Morgan fingerprint density at radius 2 is 1.90 bits per heavy atom. The first-order valence-corrected chi connectivity index (χ1v) is 9.39. The number of hydrogen-bond acceptors (Lipinski definition) is 5. The highest BCUT2D eigenvalue weighted by Gasteiger charge is 2.17. The quantitative estimate of drug-likeness (QED) is 0.273. The number of benzene rings is 1. The Balaban J connectivity index is 0.00000300. The van der Waals surface area contributed by atoms with Crippen LogP contribution in [-0.2, 0) is 6.54 Å². The fourth-order valence-electron chi connectivity index (χ4n) is 2.81. The molecule has 0 amide bonds. The summed E-state index contributed by atoms with van der Waals surface area (Å²) in [6.07, 6.45) is 3.35. The van der Waals surface area contributed by atoms with E-state index in [1.807, 2.05) is 63.5 Å². The number of rotatable bonds is 8. The number of nitrogens with zero attached hydrogens (tertiary/aromatic N) is 3. The Bertz CT molecular complexity index is 862. The van der Waals surface area contributed by atoms with Gasteiger partial charge in [0.05, 0.1) is 18.8 Å². The van der Waals surface area contributed by atoms with Gasteiger partial charge in [0.2, 0.25) is 5.89 Å². The average molecular weight is 509 g/mol. The molecule has 1 aromatic carbocycles. The average Bonchev–Trinajstić information content (AvgIpc) is 3.39. The summed E-state index contributed by atoms with van der Waals surface area (Å²) >= 11 is 0. The molecule has 1 atom stereocenters. The van der Waals surface area contributed by atoms with Gasteiger partial charge in [0.1, 0.15) is 17.7 Å². The Kier molecular flexibility index (Phi) is 9.20. The molecule has 0 saturated heterocycles. The van der Waals surface area contributed by atoms with Crippen molar-refractivity contribution in [1.82, 2.24) is 20.5 Å². The summed E-state index contributed by atoms with van der Waals surface area (Å²) in [6, 6.07) is 13.8. The summed E-state index contributed by atoms with van der Waals surface area (Å²) in [5.41, 5.74) is 1.74. The molecule has 0 aliphatic carbocycles. The van der Waals surface area contributed by atoms with Gasteiger partial charge in [0, 0.05) is 18.7 Å². The zero-order chi connectivity index (χ0) is 19.8. The summed E-state index contributed by atoms with van der Waals surface area (Å²) in [4.78, 5) is 11.3. The third-order valence-electron chi connectivity index (χ3n) is 4.27. The lowest BCUT2D eigenvalue weighted by molar-refractivity contribution is 0.258. The largest absolute Gasteiger partial charge is 0.468 e. The van der Waals surface area contributed by atoms with Crippen LogP contribution >= 0.6 is 24.0 Å². The van der Waals surface area contributed by atoms with Gasteiger partial charge in [-0.3, -0.25) is 4.90 Å². The van der Waals surface area contributed by atoms with E-state index in [-0.39, 0.29) is 30.0 Å². The molecule has 0 spiro atoms. The van der Waals surface area contributed by atoms with Gasteiger partial charge in [0.15, 0.2) is 5.96 Å². The zero-order valence-corrected chi connectivity index (χ0v) is 19.3. The number of oxazole rings is 1. The number of furan rings is 1. The van der Waals surface area contributed by atoms with Crippen molar-refractivity contribution in [3.8, 4) is 11.5 Å². The summed E-state index contributed by atoms with van der Waals surface area (Å²) < 4.78 is 11.1. The fraction of sp³-hybridized carbons (Fsp3) is 0.333. The van der Waals surface area contributed by atoms with Gasteiger partial charge in [-0.1, -0.05) is 18.2 Å². The molecule has 3 rings (SSSR count). The van der Waals surface area contributed by atoms with Gasteiger partial charge in [-0.05, 0) is 45.3 Å². The Morgan fingerprint density at radius 3 is 2.55 bits per heavy atom. The van der Waals surface area contributed by atoms with Gasteiger partial charge >= 0.3 is 0 Å². The zero-order valence-electron chi connectivity index (χ0n) is 17.0. The fourth-order valence-corrected chi connectivity index (χ4v) is 2.81. The highest BCUT2D eigenvalue weighted by Crippen LogP contribution is 2.19. The molecule has 3 aromatic rings. The van der Waals surface area contributed by atoms with E-state index in [1.54, 1.807) is 12.5 Å². The van der Waals surface area contributed by atoms with Crippen LogP contribution in [0, 0.1) is 0 Å². The van der Waals surface area contributed by atoms with Crippen molar-refractivity contribution < 1.29 is 8.83 Å². The minimum atomic E-state index is 0. The van der Waals surface area contributed by atoms with Gasteiger partial charge in [0.25, 0.3) is 0 Å². The SMILES string of the molecule is CCNC(=NCc1coc(-c2ccccc2)n1)NCC(c1ccco1)N(C)C.I. The van der Waals surface area contributed by atoms with Crippen LogP contribution in [0.15, 0.2) is 68.8 Å². The second-order valence-electron chi connectivity index (χ2n) is 6.58. The van der Waals surface area contributed by atoms with E-state index < -0.39 is 0 Å². The molecule has 29 heavy (non-hydrogen) atoms. The third-order valence-corrected chi connectivity index (χ3v) is 4.27. The molecule has 7 nitrogen and oxygen atoms in total. The van der Waals surface area contributed by atoms with Crippen molar-refractivity contribution in [2.75, 3.05) is 27.2 Å². The molecule has 2 aromatic heterocycles. The minimum absolute atomic E-state index is 0. The van der Waals surface area contributed by atoms with Crippen LogP contribution in [0.25, 0.3) is 11.5 Å². The van der Waals surface area contributed by atoms with Crippen molar-refractivity contribution in [3.05, 3.63) is 66.4 Å². The predicted molar refractivity (Wildman–Crippen MR) is 125 cm³/mol. The molecule has 0 fully saturated rings. The van der Waals surface area contributed by atoms with Crippen LogP contribution in [0.2, 0.25) is 0 Å². The number of halogens is 1. The highest BCUT2D eigenvalue weighted by atomic mass is 127. The normalized spacial score (nSPS) is 12.5. The van der Waals surface area contributed by atoms with E-state index in [0.717, 1.165) is 29.5 Å². The molecule has 0 aliphatic rings. The Hall–Kier alpha value is -2.33. The molecule has 2 N–H and O–H groups in total. The molecule has 0 bridgehead atoms. The van der Waals surface area contributed by atoms with Crippen LogP contribution < -0.4 is 10.6 Å². The van der Waals surface area contributed by atoms with E-state index in [1.165, 1.54) is 0 Å². The summed E-state index contributed by atoms with van der Waals surface area (Å²) in [5.74, 6) is 2.25. The smallest absolute Gasteiger partial charge is 0.226 e. The molecular formula is C21H28IN5O2. The maximum atomic E-state index is 5.58. The van der Waals surface area contributed by atoms with E-state index in [4.69, 9.17) is 8.83 Å². The van der Waals surface area contributed by atoms with Crippen LogP contribution in [0.1, 0.15) is 24.4 Å². The van der Waals surface area contributed by atoms with Crippen molar-refractivity contribution in [3.63, 3.8) is 0 Å². The van der Waals surface area contributed by atoms with Crippen LogP contribution in [0.4, 0.5) is 0 Å². The molecule has 0 aliphatic heterocycles. The Labute approximate surface area is 188 Å². The molecule has 156 valence electrons. The molecular weight excluding hydrogens is 481 g/mol. The van der Waals surface area contributed by atoms with Crippen molar-refractivity contribution in [1.29, 1.82) is 0 Å². The second kappa shape index (κ2) is 11.6. The first-order chi connectivity index (χ1) is 13.7. The van der Waals surface area contributed by atoms with E-state index in [2.05, 4.69) is 25.5 Å². The number of nitrogens with one attached hydrogen (secondary N) is 2. The van der Waals surface area contributed by atoms with Gasteiger partial charge in [-0.25, -0.2) is 9.98 Å². The number of aliphatic imine (C=N–C) groups is 1. The highest BCUT2D eigenvalue weighted by molar-refractivity contribution is 14.0. The molecule has 0 radical (unpaired) electrons. The van der Waals surface area contributed by atoms with E-state index >= 15 is 0 Å². The predicted octanol–water partition coefficient (Wildman–Crippen LogP) is 3.91. The standard InChI is InChI=1S/C21H27N5O2.HI/c1-4-22-21(24-14-18(26(2)3)19-11-8-12-27-19)23-13-17-15-28-20(25-17)16-9-6-5-7-10-16;/h5-12,15,18H,4,13-14H2,1-3H3,(H2,22,23,24);1H. The first kappa shape index (κ1) is 23.0. The van der Waals surface area contributed by atoms with Crippen LogP contribution in [0.5, 0.6) is 0 Å². The lowest BCUT2D eigenvalue weighted by Gasteiger charge is -2.23. The minimum Gasteiger partial charge on any atom is -0.468 e. The van der Waals surface area contributed by atoms with Crippen molar-refractivity contribution in [2.24, 2.45) is 4.99 Å². The van der Waals surface area contributed by atoms with Crippen LogP contribution in [-0.4, -0.2) is 43.0 Å². The summed E-state index contributed by atoms with van der Waals surface area (Å²) in [6.45, 7) is 3.91. The second-order valence-corrected chi connectivity index (χ2v) is 6.58. The number of hydrogen-bond donors (Lipinski definition) is 2. The van der Waals surface area contributed by atoms with Crippen molar-refractivity contribution >= 4 is 29.9 Å². The summed E-state index contributed by atoms with van der Waals surface area (Å²) in [5, 5.41) is 6.64. The maximum absolute atomic E-state index is 5.58. The molecule has 1 unspecified atom stereocenters. The van der Waals surface area contributed by atoms with E-state index in [9.17, 15) is 0 Å². The number of guanidine groups is 1. The van der Waals surface area contributed by atoms with Gasteiger partial charge in [-0.2, -0.15) is 0 Å². The van der Waals surface area contributed by atoms with Gasteiger partial charge < -0.3 is 19.5 Å². The summed E-state index contributed by atoms with van der Waals surface area (Å²) in [7, 11) is 4.05. The lowest BCUT2D eigenvalue weighted by Crippen LogP contribution is -2.41. The topological polar surface area (TPSA) is 78.8 Å². The third kappa shape index (κ3) is 6.60. The molecule has 0 saturated carbocycles. The lowest BCUT2D eigenvalue weighted by atomic mass is 10.2. The molecule has 2 heterocycles. The van der Waals surface area contributed by atoms with Crippen molar-refractivity contribution in [2.45, 2.75) is 19.5 Å². The monoisotopic (exact) mass is 509 g/mol. The number of aromatic nitrogens is 1. The number of likely N-dealkylation sites (N-methyl/N-ethyl adjacent to an activating group) is 1. The van der Waals surface area contributed by atoms with E-state index in [0.29, 0.717) is 19.0 Å². The van der Waals surface area contributed by atoms with Gasteiger partial charge in [-0.15, -0.1) is 24.0 Å².